The zero-order chi connectivity index (χ0) is 21.5. The molecule has 0 radical (unpaired) electrons. The Morgan fingerprint density at radius 1 is 1.10 bits per heavy atom. The number of furan rings is 1. The van der Waals surface area contributed by atoms with Crippen molar-refractivity contribution in [1.82, 2.24) is 15.5 Å². The summed E-state index contributed by atoms with van der Waals surface area (Å²) in [5, 5.41) is 5.78. The first-order valence-electron chi connectivity index (χ1n) is 10.6. The van der Waals surface area contributed by atoms with E-state index >= 15 is 0 Å². The maximum atomic E-state index is 13.1. The van der Waals surface area contributed by atoms with E-state index in [1.54, 1.807) is 6.26 Å². The molecule has 2 N–H and O–H groups in total. The van der Waals surface area contributed by atoms with Crippen molar-refractivity contribution in [1.29, 1.82) is 0 Å². The van der Waals surface area contributed by atoms with E-state index in [1.165, 1.54) is 30.7 Å². The Balaban J connectivity index is 1.64. The molecule has 0 aliphatic carbocycles. The van der Waals surface area contributed by atoms with Crippen LogP contribution in [0.5, 0.6) is 0 Å². The van der Waals surface area contributed by atoms with Crippen LogP contribution in [0.1, 0.15) is 55.3 Å². The molecule has 0 spiro atoms. The van der Waals surface area contributed by atoms with Crippen LogP contribution in [0.2, 0.25) is 0 Å². The molecule has 1 aromatic heterocycles. The van der Waals surface area contributed by atoms with Crippen LogP contribution in [0.25, 0.3) is 0 Å². The Kier molecular flexibility index (Phi) is 7.63. The summed E-state index contributed by atoms with van der Waals surface area (Å²) in [6.45, 7) is 6.10. The van der Waals surface area contributed by atoms with Crippen molar-refractivity contribution in [3.63, 3.8) is 0 Å². The smallest absolute Gasteiger partial charge is 0.251 e. The van der Waals surface area contributed by atoms with Crippen LogP contribution in [-0.2, 0) is 4.79 Å². The van der Waals surface area contributed by atoms with E-state index in [1.807, 2.05) is 26.0 Å². The number of piperidine rings is 1. The number of carbonyl (C=O) groups is 2. The maximum absolute atomic E-state index is 13.1. The quantitative estimate of drug-likeness (QED) is 0.692. The number of nitrogens with one attached hydrogen (secondary N) is 2. The molecule has 6 nitrogen and oxygen atoms in total. The predicted octanol–water partition coefficient (Wildman–Crippen LogP) is 3.52. The largest absolute Gasteiger partial charge is 0.468 e. The third kappa shape index (κ3) is 5.69. The van der Waals surface area contributed by atoms with Crippen molar-refractivity contribution in [3.05, 3.63) is 59.8 Å². The van der Waals surface area contributed by atoms with Gasteiger partial charge in [0.1, 0.15) is 17.6 Å². The fourth-order valence-electron chi connectivity index (χ4n) is 3.79. The predicted molar refractivity (Wildman–Crippen MR) is 112 cm³/mol. The maximum Gasteiger partial charge on any atom is 0.251 e. The topological polar surface area (TPSA) is 74.6 Å². The summed E-state index contributed by atoms with van der Waals surface area (Å²) in [7, 11) is 0. The highest BCUT2D eigenvalue weighted by atomic mass is 19.1. The van der Waals surface area contributed by atoms with Crippen LogP contribution in [0, 0.1) is 11.7 Å². The molecule has 2 unspecified atom stereocenters. The lowest BCUT2D eigenvalue weighted by Gasteiger charge is -2.34. The number of likely N-dealkylation sites (tertiary alicyclic amines) is 1. The summed E-state index contributed by atoms with van der Waals surface area (Å²) >= 11 is 0. The molecule has 0 bridgehead atoms. The molecule has 162 valence electrons. The van der Waals surface area contributed by atoms with Gasteiger partial charge in [-0.1, -0.05) is 20.3 Å². The van der Waals surface area contributed by atoms with Gasteiger partial charge in [-0.05, 0) is 68.2 Å². The summed E-state index contributed by atoms with van der Waals surface area (Å²) < 4.78 is 18.7. The van der Waals surface area contributed by atoms with E-state index in [9.17, 15) is 14.0 Å². The average molecular weight is 416 g/mol. The molecule has 7 heteroatoms. The van der Waals surface area contributed by atoms with Gasteiger partial charge < -0.3 is 15.1 Å². The van der Waals surface area contributed by atoms with E-state index in [0.29, 0.717) is 12.1 Å². The number of hydrogen-bond donors (Lipinski definition) is 2. The molecule has 2 heterocycles. The number of carbonyl (C=O) groups excluding carboxylic acids is 2. The highest BCUT2D eigenvalue weighted by Crippen LogP contribution is 2.24. The van der Waals surface area contributed by atoms with Crippen LogP contribution < -0.4 is 10.6 Å². The van der Waals surface area contributed by atoms with E-state index in [4.69, 9.17) is 4.42 Å². The molecule has 1 saturated heterocycles. The van der Waals surface area contributed by atoms with Crippen LogP contribution in [0.15, 0.2) is 47.1 Å². The van der Waals surface area contributed by atoms with Gasteiger partial charge in [0.05, 0.1) is 12.3 Å². The zero-order valence-electron chi connectivity index (χ0n) is 17.6. The first kappa shape index (κ1) is 22.0. The van der Waals surface area contributed by atoms with Gasteiger partial charge >= 0.3 is 0 Å². The molecule has 30 heavy (non-hydrogen) atoms. The fourth-order valence-corrected chi connectivity index (χ4v) is 3.79. The van der Waals surface area contributed by atoms with Gasteiger partial charge in [0, 0.05) is 12.1 Å². The van der Waals surface area contributed by atoms with Crippen LogP contribution in [0.4, 0.5) is 4.39 Å². The van der Waals surface area contributed by atoms with Crippen LogP contribution in [-0.4, -0.2) is 42.4 Å². The molecule has 2 amide bonds. The standard InChI is InChI=1S/C23H30FN3O3/c1-16(2)21(26-22(28)17-8-10-18(24)11-9-17)23(29)25-15-19(20-7-6-14-30-20)27-12-4-3-5-13-27/h6-11,14,16,19,21H,3-5,12-13,15H2,1-2H3,(H,25,29)(H,26,28). The van der Waals surface area contributed by atoms with Crippen molar-refractivity contribution in [2.24, 2.45) is 5.92 Å². The fraction of sp³-hybridized carbons (Fsp3) is 0.478. The molecule has 2 atom stereocenters. The molecule has 1 fully saturated rings. The van der Waals surface area contributed by atoms with Gasteiger partial charge in [-0.25, -0.2) is 4.39 Å². The second kappa shape index (κ2) is 10.4. The zero-order valence-corrected chi connectivity index (χ0v) is 17.6. The lowest BCUT2D eigenvalue weighted by Crippen LogP contribution is -2.51. The summed E-state index contributed by atoms with van der Waals surface area (Å²) in [4.78, 5) is 27.8. The second-order valence-corrected chi connectivity index (χ2v) is 8.08. The van der Waals surface area contributed by atoms with E-state index in [2.05, 4.69) is 15.5 Å². The third-order valence-corrected chi connectivity index (χ3v) is 5.51. The Morgan fingerprint density at radius 2 is 1.80 bits per heavy atom. The molecular weight excluding hydrogens is 385 g/mol. The van der Waals surface area contributed by atoms with Gasteiger partial charge in [-0.2, -0.15) is 0 Å². The average Bonchev–Trinajstić information content (AvgIpc) is 3.27. The molecule has 3 rings (SSSR count). The number of rotatable bonds is 8. The minimum atomic E-state index is -0.693. The number of nitrogens with zero attached hydrogens (tertiary/aromatic N) is 1. The van der Waals surface area contributed by atoms with Crippen molar-refractivity contribution in [2.75, 3.05) is 19.6 Å². The molecule has 1 aliphatic heterocycles. The molecule has 0 saturated carbocycles. The number of halogens is 1. The van der Waals surface area contributed by atoms with Gasteiger partial charge in [0.15, 0.2) is 0 Å². The van der Waals surface area contributed by atoms with Gasteiger partial charge in [0.2, 0.25) is 5.91 Å². The summed E-state index contributed by atoms with van der Waals surface area (Å²) in [5.74, 6) is -0.331. The monoisotopic (exact) mass is 415 g/mol. The van der Waals surface area contributed by atoms with Crippen molar-refractivity contribution in [3.8, 4) is 0 Å². The summed E-state index contributed by atoms with van der Waals surface area (Å²) in [5.41, 5.74) is 0.316. The van der Waals surface area contributed by atoms with E-state index in [-0.39, 0.29) is 17.9 Å². The Labute approximate surface area is 176 Å². The minimum Gasteiger partial charge on any atom is -0.468 e. The third-order valence-electron chi connectivity index (χ3n) is 5.51. The normalized spacial score (nSPS) is 16.8. The van der Waals surface area contributed by atoms with Crippen molar-refractivity contribution >= 4 is 11.8 Å². The van der Waals surface area contributed by atoms with E-state index in [0.717, 1.165) is 31.7 Å². The van der Waals surface area contributed by atoms with Gasteiger partial charge in [-0.3, -0.25) is 14.5 Å². The Bertz CT molecular complexity index is 815. The van der Waals surface area contributed by atoms with E-state index < -0.39 is 17.8 Å². The Hall–Kier alpha value is -2.67. The number of hydrogen-bond acceptors (Lipinski definition) is 4. The Morgan fingerprint density at radius 3 is 2.40 bits per heavy atom. The number of amides is 2. The highest BCUT2D eigenvalue weighted by Gasteiger charge is 2.28. The van der Waals surface area contributed by atoms with Crippen LogP contribution in [0.3, 0.4) is 0 Å². The molecule has 1 aliphatic rings. The minimum absolute atomic E-state index is 0.0372. The lowest BCUT2D eigenvalue weighted by molar-refractivity contribution is -0.124. The number of benzene rings is 1. The highest BCUT2D eigenvalue weighted by molar-refractivity contribution is 5.97. The SMILES string of the molecule is CC(C)C(NC(=O)c1ccc(F)cc1)C(=O)NCC(c1ccco1)N1CCCCC1. The summed E-state index contributed by atoms with van der Waals surface area (Å²) in [6.07, 6.45) is 5.13. The van der Waals surface area contributed by atoms with Crippen molar-refractivity contribution < 1.29 is 18.4 Å². The van der Waals surface area contributed by atoms with Gasteiger partial charge in [-0.15, -0.1) is 0 Å². The second-order valence-electron chi connectivity index (χ2n) is 8.08. The molecule has 2 aromatic rings. The molecule has 1 aromatic carbocycles. The molecular formula is C23H30FN3O3. The van der Waals surface area contributed by atoms with Crippen molar-refractivity contribution in [2.45, 2.75) is 45.2 Å². The summed E-state index contributed by atoms with van der Waals surface area (Å²) in [6, 6.07) is 8.33. The van der Waals surface area contributed by atoms with Crippen LogP contribution >= 0.6 is 0 Å². The lowest BCUT2D eigenvalue weighted by atomic mass is 10.0. The first-order valence-corrected chi connectivity index (χ1v) is 10.6. The first-order chi connectivity index (χ1) is 14.5. The van der Waals surface area contributed by atoms with Gasteiger partial charge in [0.25, 0.3) is 5.91 Å².